The van der Waals surface area contributed by atoms with Gasteiger partial charge in [0.1, 0.15) is 0 Å². The molecule has 0 spiro atoms. The van der Waals surface area contributed by atoms with E-state index in [1.807, 2.05) is 46.0 Å². The van der Waals surface area contributed by atoms with Crippen LogP contribution >= 0.6 is 0 Å². The van der Waals surface area contributed by atoms with Gasteiger partial charge in [-0.2, -0.15) is 36.5 Å². The number of nitrogens with zero attached hydrogens (tertiary/aromatic N) is 7. The van der Waals surface area contributed by atoms with Crippen LogP contribution in [0, 0.1) is 0 Å². The Balaban J connectivity index is 0.000000317. The lowest BCUT2D eigenvalue weighted by Gasteiger charge is -2.30. The summed E-state index contributed by atoms with van der Waals surface area (Å²) in [5.74, 6) is -4.20. The monoisotopic (exact) mass is 629 g/mol. The fourth-order valence-electron chi connectivity index (χ4n) is 4.20. The molecule has 1 aliphatic heterocycles. The van der Waals surface area contributed by atoms with Crippen molar-refractivity contribution in [1.82, 2.24) is 34.3 Å². The first-order chi connectivity index (χ1) is 20.5. The fourth-order valence-corrected chi connectivity index (χ4v) is 4.20. The second-order valence-corrected chi connectivity index (χ2v) is 10.0. The SMILES string of the molecule is CC(C)n1cc(CN2CCCC(c3nc4ccc(-c5ccncc5)cn4n3)C2)cn1.O=C(O)C(F)(F)F.O=C(O)C(F)(F)F. The van der Waals surface area contributed by atoms with E-state index in [9.17, 15) is 26.3 Å². The van der Waals surface area contributed by atoms with Gasteiger partial charge in [-0.3, -0.25) is 14.6 Å². The molecule has 4 aromatic heterocycles. The molecule has 0 amide bonds. The number of aromatic nitrogens is 6. The van der Waals surface area contributed by atoms with Crippen molar-refractivity contribution in [2.45, 2.75) is 57.5 Å². The number of hydrogen-bond donors (Lipinski definition) is 2. The van der Waals surface area contributed by atoms with Gasteiger partial charge in [0, 0.05) is 61.0 Å². The summed E-state index contributed by atoms with van der Waals surface area (Å²) in [4.78, 5) is 29.2. The van der Waals surface area contributed by atoms with Crippen LogP contribution in [0.5, 0.6) is 0 Å². The molecule has 1 aliphatic rings. The van der Waals surface area contributed by atoms with Gasteiger partial charge in [0.05, 0.1) is 6.20 Å². The van der Waals surface area contributed by atoms with Gasteiger partial charge >= 0.3 is 24.3 Å². The van der Waals surface area contributed by atoms with Crippen molar-refractivity contribution >= 4 is 17.6 Å². The molecule has 0 radical (unpaired) electrons. The first-order valence-electron chi connectivity index (χ1n) is 13.2. The van der Waals surface area contributed by atoms with Crippen molar-refractivity contribution < 1.29 is 46.1 Å². The van der Waals surface area contributed by atoms with Crippen molar-refractivity contribution in [1.29, 1.82) is 0 Å². The topological polar surface area (TPSA) is 139 Å². The number of carbonyl (C=O) groups is 2. The highest BCUT2D eigenvalue weighted by Crippen LogP contribution is 2.27. The molecule has 17 heteroatoms. The smallest absolute Gasteiger partial charge is 0.475 e. The van der Waals surface area contributed by atoms with Crippen LogP contribution in [0.15, 0.2) is 55.2 Å². The molecule has 0 saturated carbocycles. The van der Waals surface area contributed by atoms with Crippen LogP contribution in [0.3, 0.4) is 0 Å². The largest absolute Gasteiger partial charge is 0.490 e. The lowest BCUT2D eigenvalue weighted by atomic mass is 9.97. The number of aliphatic carboxylic acids is 2. The number of fused-ring (bicyclic) bond motifs is 1. The molecule has 1 saturated heterocycles. The Morgan fingerprint density at radius 1 is 0.955 bits per heavy atom. The summed E-state index contributed by atoms with van der Waals surface area (Å²) in [6.07, 6.45) is 1.98. The molecule has 5 rings (SSSR count). The number of hydrogen-bond acceptors (Lipinski definition) is 7. The quantitative estimate of drug-likeness (QED) is 0.285. The van der Waals surface area contributed by atoms with E-state index in [1.165, 1.54) is 12.0 Å². The van der Waals surface area contributed by atoms with E-state index in [1.54, 1.807) is 0 Å². The maximum absolute atomic E-state index is 10.6. The Morgan fingerprint density at radius 3 is 2.11 bits per heavy atom. The molecule has 5 heterocycles. The molecule has 1 atom stereocenters. The zero-order chi connectivity index (χ0) is 32.7. The second-order valence-electron chi connectivity index (χ2n) is 10.0. The summed E-state index contributed by atoms with van der Waals surface area (Å²) in [6.45, 7) is 7.35. The standard InChI is InChI=1S/C23H27N7.2C2HF3O2/c1-17(2)29-14-18(12-25-29)13-28-11-3-4-21(15-28)23-26-22-6-5-20(16-30(22)27-23)19-7-9-24-10-8-19;2*3-2(4,5)1(6)7/h5-10,12,14,16-17,21H,3-4,11,13,15H2,1-2H3;2*(H,6,7). The minimum Gasteiger partial charge on any atom is -0.475 e. The number of likely N-dealkylation sites (tertiary alicyclic amines) is 1. The van der Waals surface area contributed by atoms with Crippen LogP contribution in [0.25, 0.3) is 16.8 Å². The number of carboxylic acid groups (broad SMARTS) is 2. The third kappa shape index (κ3) is 9.75. The number of pyridine rings is 2. The molecular formula is C27H29F6N7O4. The molecule has 4 aromatic rings. The fraction of sp³-hybridized carbons (Fsp3) is 0.407. The van der Waals surface area contributed by atoms with E-state index in [0.29, 0.717) is 12.0 Å². The minimum atomic E-state index is -5.08. The normalized spacial score (nSPS) is 15.7. The molecule has 0 aliphatic carbocycles. The van der Waals surface area contributed by atoms with Crippen molar-refractivity contribution in [3.05, 3.63) is 66.6 Å². The summed E-state index contributed by atoms with van der Waals surface area (Å²) in [5.41, 5.74) is 4.43. The van der Waals surface area contributed by atoms with Crippen LogP contribution in [-0.4, -0.2) is 81.9 Å². The zero-order valence-electron chi connectivity index (χ0n) is 23.5. The Bertz CT molecular complexity index is 1510. The van der Waals surface area contributed by atoms with Gasteiger partial charge in [-0.1, -0.05) is 0 Å². The van der Waals surface area contributed by atoms with Crippen LogP contribution < -0.4 is 0 Å². The maximum atomic E-state index is 10.6. The number of piperidine rings is 1. The number of alkyl halides is 6. The molecule has 2 N–H and O–H groups in total. The summed E-state index contributed by atoms with van der Waals surface area (Å²) in [6, 6.07) is 8.57. The van der Waals surface area contributed by atoms with Crippen molar-refractivity contribution in [3.63, 3.8) is 0 Å². The third-order valence-electron chi connectivity index (χ3n) is 6.31. The van der Waals surface area contributed by atoms with Crippen molar-refractivity contribution in [2.75, 3.05) is 13.1 Å². The van der Waals surface area contributed by atoms with Gasteiger partial charge in [0.25, 0.3) is 0 Å². The molecule has 1 fully saturated rings. The highest BCUT2D eigenvalue weighted by atomic mass is 19.4. The van der Waals surface area contributed by atoms with Gasteiger partial charge < -0.3 is 10.2 Å². The first kappa shape index (κ1) is 34.0. The molecule has 1 unspecified atom stereocenters. The van der Waals surface area contributed by atoms with E-state index in [4.69, 9.17) is 29.9 Å². The average molecular weight is 630 g/mol. The minimum absolute atomic E-state index is 0.364. The first-order valence-corrected chi connectivity index (χ1v) is 13.2. The summed E-state index contributed by atoms with van der Waals surface area (Å²) in [7, 11) is 0. The summed E-state index contributed by atoms with van der Waals surface area (Å²) >= 11 is 0. The van der Waals surface area contributed by atoms with Crippen LogP contribution in [-0.2, 0) is 16.1 Å². The summed E-state index contributed by atoms with van der Waals surface area (Å²) < 4.78 is 67.4. The van der Waals surface area contributed by atoms with E-state index in [-0.39, 0.29) is 0 Å². The molecule has 0 bridgehead atoms. The van der Waals surface area contributed by atoms with Gasteiger partial charge in [0.2, 0.25) is 0 Å². The van der Waals surface area contributed by atoms with Gasteiger partial charge in [-0.05, 0) is 63.1 Å². The van der Waals surface area contributed by atoms with Gasteiger partial charge in [-0.25, -0.2) is 19.1 Å². The zero-order valence-corrected chi connectivity index (χ0v) is 23.5. The highest BCUT2D eigenvalue weighted by Gasteiger charge is 2.38. The Kier molecular flexibility index (Phi) is 11.0. The maximum Gasteiger partial charge on any atom is 0.490 e. The van der Waals surface area contributed by atoms with E-state index < -0.39 is 24.3 Å². The van der Waals surface area contributed by atoms with Gasteiger partial charge in [0.15, 0.2) is 11.5 Å². The lowest BCUT2D eigenvalue weighted by molar-refractivity contribution is -0.193. The van der Waals surface area contributed by atoms with E-state index >= 15 is 0 Å². The highest BCUT2D eigenvalue weighted by molar-refractivity contribution is 5.73. The lowest BCUT2D eigenvalue weighted by Crippen LogP contribution is -2.34. The Hall–Kier alpha value is -4.54. The number of rotatable bonds is 5. The molecule has 44 heavy (non-hydrogen) atoms. The number of carboxylic acids is 2. The summed E-state index contributed by atoms with van der Waals surface area (Å²) in [5, 5.41) is 23.6. The second kappa shape index (κ2) is 14.3. The molecule has 0 aromatic carbocycles. The van der Waals surface area contributed by atoms with E-state index in [2.05, 4.69) is 47.3 Å². The Morgan fingerprint density at radius 2 is 1.57 bits per heavy atom. The number of halogens is 6. The predicted molar refractivity (Wildman–Crippen MR) is 143 cm³/mol. The van der Waals surface area contributed by atoms with E-state index in [0.717, 1.165) is 48.7 Å². The molecule has 238 valence electrons. The van der Waals surface area contributed by atoms with Crippen LogP contribution in [0.1, 0.15) is 50.0 Å². The van der Waals surface area contributed by atoms with Crippen LogP contribution in [0.4, 0.5) is 26.3 Å². The molecular weight excluding hydrogens is 600 g/mol. The third-order valence-corrected chi connectivity index (χ3v) is 6.31. The Labute approximate surface area is 246 Å². The van der Waals surface area contributed by atoms with Crippen LogP contribution in [0.2, 0.25) is 0 Å². The van der Waals surface area contributed by atoms with Crippen molar-refractivity contribution in [2.24, 2.45) is 0 Å². The van der Waals surface area contributed by atoms with Gasteiger partial charge in [-0.15, -0.1) is 0 Å². The van der Waals surface area contributed by atoms with Crippen molar-refractivity contribution in [3.8, 4) is 11.1 Å². The average Bonchev–Trinajstić information content (AvgIpc) is 3.60. The molecule has 11 nitrogen and oxygen atoms in total. The predicted octanol–water partition coefficient (Wildman–Crippen LogP) is 5.21.